The van der Waals surface area contributed by atoms with Gasteiger partial charge >= 0.3 is 0 Å². The monoisotopic (exact) mass is 314 g/mol. The maximum Gasteiger partial charge on any atom is 0.299 e. The Morgan fingerprint density at radius 2 is 2.14 bits per heavy atom. The summed E-state index contributed by atoms with van der Waals surface area (Å²) in [4.78, 5) is 11.3. The Bertz CT molecular complexity index is 657. The number of benzene rings is 1. The predicted molar refractivity (Wildman–Crippen MR) is 80.4 cm³/mol. The van der Waals surface area contributed by atoms with Gasteiger partial charge in [-0.2, -0.15) is 13.1 Å². The molecule has 1 heterocycles. The highest BCUT2D eigenvalue weighted by molar-refractivity contribution is 7.90. The molecule has 1 aromatic rings. The van der Waals surface area contributed by atoms with E-state index in [0.29, 0.717) is 18.0 Å². The second-order valence-corrected chi connectivity index (χ2v) is 6.62. The van der Waals surface area contributed by atoms with Gasteiger partial charge < -0.3 is 15.8 Å². The van der Waals surface area contributed by atoms with Gasteiger partial charge in [0.05, 0.1) is 17.1 Å². The molecule has 0 atom stereocenters. The Labute approximate surface area is 123 Å². The Morgan fingerprint density at radius 3 is 2.81 bits per heavy atom. The molecule has 5 N–H and O–H groups in total. The average molecular weight is 314 g/mol. The predicted octanol–water partition coefficient (Wildman–Crippen LogP) is 0.502. The lowest BCUT2D eigenvalue weighted by molar-refractivity contribution is -0.118. The van der Waals surface area contributed by atoms with Crippen LogP contribution < -0.4 is 25.2 Å². The zero-order chi connectivity index (χ0) is 15.6. The number of ether oxygens (including phenoxy) is 1. The highest BCUT2D eigenvalue weighted by Crippen LogP contribution is 2.35. The molecule has 2 rings (SSSR count). The van der Waals surface area contributed by atoms with Gasteiger partial charge in [-0.3, -0.25) is 9.52 Å². The molecule has 0 radical (unpaired) electrons. The Kier molecular flexibility index (Phi) is 4.24. The second kappa shape index (κ2) is 5.78. The summed E-state index contributed by atoms with van der Waals surface area (Å²) in [6.45, 7) is 4.00. The molecule has 0 spiro atoms. The van der Waals surface area contributed by atoms with E-state index in [1.54, 1.807) is 0 Å². The first-order chi connectivity index (χ1) is 9.77. The highest BCUT2D eigenvalue weighted by atomic mass is 32.2. The quantitative estimate of drug-likeness (QED) is 0.590. The van der Waals surface area contributed by atoms with Gasteiger partial charge in [-0.15, -0.1) is 0 Å². The average Bonchev–Trinajstić information content (AvgIpc) is 2.38. The number of hydrogen-bond acceptors (Lipinski definition) is 5. The fraction of sp³-hybridized carbons (Fsp3) is 0.417. The van der Waals surface area contributed by atoms with E-state index < -0.39 is 10.2 Å². The molecule has 1 aliphatic heterocycles. The molecule has 8 nitrogen and oxygen atoms in total. The van der Waals surface area contributed by atoms with Crippen molar-refractivity contribution in [3.63, 3.8) is 0 Å². The first-order valence-corrected chi connectivity index (χ1v) is 7.89. The van der Waals surface area contributed by atoms with Crippen molar-refractivity contribution >= 4 is 33.2 Å². The summed E-state index contributed by atoms with van der Waals surface area (Å²) in [6, 6.07) is 2.89. The maximum atomic E-state index is 11.9. The molecule has 0 saturated carbocycles. The number of rotatable bonds is 5. The van der Waals surface area contributed by atoms with Gasteiger partial charge in [-0.1, -0.05) is 13.8 Å². The molecule has 1 aliphatic rings. The van der Waals surface area contributed by atoms with E-state index in [2.05, 4.69) is 14.8 Å². The molecule has 1 aromatic carbocycles. The van der Waals surface area contributed by atoms with Gasteiger partial charge in [0.15, 0.2) is 6.61 Å². The van der Waals surface area contributed by atoms with E-state index in [4.69, 9.17) is 10.5 Å². The summed E-state index contributed by atoms with van der Waals surface area (Å²) in [7, 11) is -3.73. The zero-order valence-electron chi connectivity index (χ0n) is 11.8. The van der Waals surface area contributed by atoms with Crippen LogP contribution in [0.3, 0.4) is 0 Å². The van der Waals surface area contributed by atoms with Crippen molar-refractivity contribution in [1.29, 1.82) is 0 Å². The summed E-state index contributed by atoms with van der Waals surface area (Å²) in [5, 5.41) is 2.59. The van der Waals surface area contributed by atoms with Crippen LogP contribution in [0, 0.1) is 5.92 Å². The minimum atomic E-state index is -3.73. The van der Waals surface area contributed by atoms with E-state index in [-0.39, 0.29) is 29.8 Å². The fourth-order valence-corrected chi connectivity index (χ4v) is 2.78. The minimum Gasteiger partial charge on any atom is -0.482 e. The van der Waals surface area contributed by atoms with Gasteiger partial charge in [0.25, 0.3) is 16.1 Å². The number of carbonyl (C=O) groups is 1. The van der Waals surface area contributed by atoms with Crippen LogP contribution in [0.25, 0.3) is 0 Å². The summed E-state index contributed by atoms with van der Waals surface area (Å²) < 4.78 is 33.7. The molecular formula is C12H18N4O4S. The molecule has 0 bridgehead atoms. The van der Waals surface area contributed by atoms with E-state index in [1.165, 1.54) is 12.1 Å². The van der Waals surface area contributed by atoms with E-state index in [1.807, 2.05) is 13.8 Å². The smallest absolute Gasteiger partial charge is 0.299 e. The van der Waals surface area contributed by atoms with Gasteiger partial charge in [-0.05, 0) is 12.0 Å². The second-order valence-electron chi connectivity index (χ2n) is 5.12. The van der Waals surface area contributed by atoms with Gasteiger partial charge in [0.2, 0.25) is 0 Å². The SMILES string of the molecule is CC(C)CNS(=O)(=O)Nc1cc2c(cc1N)OCC(=O)N2. The molecule has 0 unspecified atom stereocenters. The van der Waals surface area contributed by atoms with Crippen LogP contribution in [0.1, 0.15) is 13.8 Å². The van der Waals surface area contributed by atoms with Crippen LogP contribution in [-0.4, -0.2) is 27.5 Å². The molecular weight excluding hydrogens is 296 g/mol. The lowest BCUT2D eigenvalue weighted by atomic mass is 10.2. The number of nitrogen functional groups attached to an aromatic ring is 1. The molecule has 1 amide bonds. The van der Waals surface area contributed by atoms with Crippen LogP contribution in [0.2, 0.25) is 0 Å². The van der Waals surface area contributed by atoms with Gasteiger partial charge in [0.1, 0.15) is 5.75 Å². The van der Waals surface area contributed by atoms with Crippen LogP contribution in [-0.2, 0) is 15.0 Å². The maximum absolute atomic E-state index is 11.9. The Morgan fingerprint density at radius 1 is 1.43 bits per heavy atom. The van der Waals surface area contributed by atoms with E-state index in [9.17, 15) is 13.2 Å². The van der Waals surface area contributed by atoms with Crippen molar-refractivity contribution in [3.8, 4) is 5.75 Å². The third-order valence-corrected chi connectivity index (χ3v) is 3.75. The van der Waals surface area contributed by atoms with Crippen molar-refractivity contribution in [2.45, 2.75) is 13.8 Å². The molecule has 0 aromatic heterocycles. The third kappa shape index (κ3) is 3.99. The Hall–Kier alpha value is -2.00. The van der Waals surface area contributed by atoms with Crippen molar-refractivity contribution in [3.05, 3.63) is 12.1 Å². The first kappa shape index (κ1) is 15.4. The molecule has 0 aliphatic carbocycles. The molecule has 116 valence electrons. The van der Waals surface area contributed by atoms with Crippen molar-refractivity contribution in [1.82, 2.24) is 4.72 Å². The van der Waals surface area contributed by atoms with Gasteiger partial charge in [0, 0.05) is 12.6 Å². The lowest BCUT2D eigenvalue weighted by Gasteiger charge is -2.20. The molecule has 0 fully saturated rings. The topological polar surface area (TPSA) is 123 Å². The van der Waals surface area contributed by atoms with E-state index >= 15 is 0 Å². The van der Waals surface area contributed by atoms with Crippen molar-refractivity contribution < 1.29 is 17.9 Å². The third-order valence-electron chi connectivity index (χ3n) is 2.71. The number of amides is 1. The number of nitrogens with two attached hydrogens (primary N) is 1. The van der Waals surface area contributed by atoms with Gasteiger partial charge in [-0.25, -0.2) is 0 Å². The number of fused-ring (bicyclic) bond motifs is 1. The van der Waals surface area contributed by atoms with Crippen LogP contribution in [0.15, 0.2) is 12.1 Å². The lowest BCUT2D eigenvalue weighted by Crippen LogP contribution is -2.33. The largest absolute Gasteiger partial charge is 0.482 e. The van der Waals surface area contributed by atoms with Crippen molar-refractivity contribution in [2.24, 2.45) is 5.92 Å². The summed E-state index contributed by atoms with van der Waals surface area (Å²) in [5.74, 6) is 0.277. The van der Waals surface area contributed by atoms with Crippen LogP contribution in [0.5, 0.6) is 5.75 Å². The summed E-state index contributed by atoms with van der Waals surface area (Å²) >= 11 is 0. The number of nitrogens with one attached hydrogen (secondary N) is 3. The first-order valence-electron chi connectivity index (χ1n) is 6.40. The fourth-order valence-electron chi connectivity index (χ4n) is 1.69. The number of hydrogen-bond donors (Lipinski definition) is 4. The van der Waals surface area contributed by atoms with Crippen molar-refractivity contribution in [2.75, 3.05) is 28.9 Å². The molecule has 9 heteroatoms. The molecule has 0 saturated heterocycles. The number of anilines is 3. The van der Waals surface area contributed by atoms with Crippen LogP contribution >= 0.6 is 0 Å². The van der Waals surface area contributed by atoms with E-state index in [0.717, 1.165) is 0 Å². The Balaban J connectivity index is 2.20. The minimum absolute atomic E-state index is 0.0898. The summed E-state index contributed by atoms with van der Waals surface area (Å²) in [5.41, 5.74) is 6.56. The molecule has 21 heavy (non-hydrogen) atoms. The van der Waals surface area contributed by atoms with Crippen LogP contribution in [0.4, 0.5) is 17.1 Å². The normalized spacial score (nSPS) is 14.3. The standard InChI is InChI=1S/C12H18N4O4S/c1-7(2)5-14-21(18,19)16-9-4-10-11(3-8(9)13)20-6-12(17)15-10/h3-4,7,14,16H,5-6,13H2,1-2H3,(H,15,17). The highest BCUT2D eigenvalue weighted by Gasteiger charge is 2.20. The zero-order valence-corrected chi connectivity index (χ0v) is 12.6. The number of carbonyl (C=O) groups excluding carboxylic acids is 1. The summed E-state index contributed by atoms with van der Waals surface area (Å²) in [6.07, 6.45) is 0.